The molecule has 1 aromatic rings. The molecule has 0 unspecified atom stereocenters. The second-order valence-corrected chi connectivity index (χ2v) is 4.81. The molecule has 1 N–H and O–H groups in total. The molecule has 1 fully saturated rings. The van der Waals surface area contributed by atoms with Gasteiger partial charge >= 0.3 is 0 Å². The average Bonchev–Trinajstić information content (AvgIpc) is 2.71. The van der Waals surface area contributed by atoms with Gasteiger partial charge in [-0.15, -0.1) is 0 Å². The van der Waals surface area contributed by atoms with Crippen molar-refractivity contribution in [3.8, 4) is 0 Å². The Balaban J connectivity index is 2.23. The van der Waals surface area contributed by atoms with Crippen molar-refractivity contribution in [3.05, 3.63) is 35.4 Å². The first-order valence-electron chi connectivity index (χ1n) is 5.94. The summed E-state index contributed by atoms with van der Waals surface area (Å²) in [7, 11) is 0. The molecule has 1 saturated heterocycles. The Bertz CT molecular complexity index is 486. The molecule has 1 aliphatic rings. The van der Waals surface area contributed by atoms with Gasteiger partial charge in [0.15, 0.2) is 5.67 Å². The van der Waals surface area contributed by atoms with E-state index in [4.69, 9.17) is 0 Å². The average molecular weight is 273 g/mol. The molecule has 0 radical (unpaired) electrons. The molecular formula is C13H14F3NO2. The van der Waals surface area contributed by atoms with Gasteiger partial charge < -0.3 is 10.0 Å². The highest BCUT2D eigenvalue weighted by Crippen LogP contribution is 2.36. The summed E-state index contributed by atoms with van der Waals surface area (Å²) in [5.41, 5.74) is -2.10. The number of likely N-dealkylation sites (tertiary alicyclic amines) is 1. The van der Waals surface area contributed by atoms with E-state index in [9.17, 15) is 23.1 Å². The van der Waals surface area contributed by atoms with Crippen molar-refractivity contribution >= 4 is 5.91 Å². The van der Waals surface area contributed by atoms with Gasteiger partial charge in [0.05, 0.1) is 6.54 Å². The number of aliphatic hydroxyl groups excluding tert-OH is 1. The third-order valence-corrected chi connectivity index (χ3v) is 3.27. The molecule has 1 amide bonds. The molecule has 1 aliphatic heterocycles. The fourth-order valence-corrected chi connectivity index (χ4v) is 2.27. The van der Waals surface area contributed by atoms with Crippen molar-refractivity contribution < 1.29 is 23.1 Å². The third kappa shape index (κ3) is 2.73. The molecule has 104 valence electrons. The molecule has 0 aliphatic carbocycles. The third-order valence-electron chi connectivity index (χ3n) is 3.27. The van der Waals surface area contributed by atoms with Gasteiger partial charge in [-0.1, -0.05) is 0 Å². The van der Waals surface area contributed by atoms with Crippen LogP contribution in [0.1, 0.15) is 18.9 Å². The summed E-state index contributed by atoms with van der Waals surface area (Å²) in [6.07, 6.45) is -1.26. The highest BCUT2D eigenvalue weighted by molar-refractivity contribution is 5.80. The summed E-state index contributed by atoms with van der Waals surface area (Å²) >= 11 is 0. The van der Waals surface area contributed by atoms with Gasteiger partial charge in [-0.25, -0.2) is 13.2 Å². The van der Waals surface area contributed by atoms with Crippen LogP contribution in [0, 0.1) is 11.6 Å². The maximum atomic E-state index is 14.7. The summed E-state index contributed by atoms with van der Waals surface area (Å²) in [6.45, 7) is 1.10. The van der Waals surface area contributed by atoms with Crippen LogP contribution in [0.25, 0.3) is 0 Å². The summed E-state index contributed by atoms with van der Waals surface area (Å²) < 4.78 is 40.9. The molecule has 0 aromatic heterocycles. The van der Waals surface area contributed by atoms with E-state index in [2.05, 4.69) is 0 Å². The van der Waals surface area contributed by atoms with Gasteiger partial charge in [0.25, 0.3) is 5.91 Å². The Morgan fingerprint density at radius 1 is 1.37 bits per heavy atom. The smallest absolute Gasteiger partial charge is 0.251 e. The van der Waals surface area contributed by atoms with Gasteiger partial charge in [-0.2, -0.15) is 0 Å². The van der Waals surface area contributed by atoms with E-state index in [1.165, 1.54) is 6.92 Å². The molecule has 1 heterocycles. The van der Waals surface area contributed by atoms with Gasteiger partial charge in [-0.3, -0.25) is 4.79 Å². The molecule has 6 heteroatoms. The Hall–Kier alpha value is -1.56. The topological polar surface area (TPSA) is 40.5 Å². The molecule has 19 heavy (non-hydrogen) atoms. The number of aliphatic hydroxyl groups is 1. The number of amides is 1. The largest absolute Gasteiger partial charge is 0.384 e. The lowest BCUT2D eigenvalue weighted by Crippen LogP contribution is -2.38. The maximum Gasteiger partial charge on any atom is 0.251 e. The Morgan fingerprint density at radius 3 is 2.47 bits per heavy atom. The molecule has 0 saturated carbocycles. The minimum absolute atomic E-state index is 0.0473. The van der Waals surface area contributed by atoms with Gasteiger partial charge in [0.1, 0.15) is 17.7 Å². The maximum absolute atomic E-state index is 14.7. The second-order valence-electron chi connectivity index (χ2n) is 4.81. The number of benzene rings is 1. The Kier molecular flexibility index (Phi) is 3.54. The number of alkyl halides is 1. The first kappa shape index (κ1) is 13.9. The van der Waals surface area contributed by atoms with Crippen LogP contribution in [0.3, 0.4) is 0 Å². The first-order valence-corrected chi connectivity index (χ1v) is 5.94. The second kappa shape index (κ2) is 4.85. The Labute approximate surface area is 108 Å². The van der Waals surface area contributed by atoms with Crippen LogP contribution in [0.4, 0.5) is 13.2 Å². The number of carbonyl (C=O) groups excluding carboxylic acids is 1. The van der Waals surface area contributed by atoms with E-state index in [1.54, 1.807) is 0 Å². The fourth-order valence-electron chi connectivity index (χ4n) is 2.27. The number of nitrogens with zero attached hydrogens (tertiary/aromatic N) is 1. The molecule has 2 rings (SSSR count). The summed E-state index contributed by atoms with van der Waals surface area (Å²) in [4.78, 5) is 12.7. The molecule has 1 aromatic carbocycles. The van der Waals surface area contributed by atoms with Crippen LogP contribution in [-0.4, -0.2) is 35.1 Å². The van der Waals surface area contributed by atoms with E-state index >= 15 is 0 Å². The van der Waals surface area contributed by atoms with Crippen molar-refractivity contribution in [2.24, 2.45) is 0 Å². The molecular weight excluding hydrogens is 259 g/mol. The molecule has 0 bridgehead atoms. The number of rotatable bonds is 2. The fraction of sp³-hybridized carbons (Fsp3) is 0.462. The van der Waals surface area contributed by atoms with Crippen molar-refractivity contribution in [2.75, 3.05) is 13.1 Å². The van der Waals surface area contributed by atoms with Crippen LogP contribution < -0.4 is 0 Å². The lowest BCUT2D eigenvalue weighted by molar-refractivity contribution is -0.138. The predicted molar refractivity (Wildman–Crippen MR) is 62.0 cm³/mol. The minimum Gasteiger partial charge on any atom is -0.384 e. The van der Waals surface area contributed by atoms with E-state index in [0.717, 1.165) is 17.0 Å². The van der Waals surface area contributed by atoms with Crippen molar-refractivity contribution in [3.63, 3.8) is 0 Å². The molecule has 0 spiro atoms. The monoisotopic (exact) mass is 273 g/mol. The molecule has 2 atom stereocenters. The van der Waals surface area contributed by atoms with E-state index in [-0.39, 0.29) is 25.1 Å². The quantitative estimate of drug-likeness (QED) is 0.891. The van der Waals surface area contributed by atoms with Crippen molar-refractivity contribution in [1.29, 1.82) is 0 Å². The SMILES string of the molecule is C[C@@H](O)C(=O)N1CC[C@@](F)(c2cc(F)cc(F)c2)C1. The van der Waals surface area contributed by atoms with Crippen LogP contribution >= 0.6 is 0 Å². The number of halogens is 3. The van der Waals surface area contributed by atoms with E-state index < -0.39 is 29.3 Å². The zero-order valence-electron chi connectivity index (χ0n) is 10.4. The van der Waals surface area contributed by atoms with Crippen molar-refractivity contribution in [1.82, 2.24) is 4.90 Å². The van der Waals surface area contributed by atoms with Crippen LogP contribution in [0.5, 0.6) is 0 Å². The normalized spacial score (nSPS) is 24.6. The van der Waals surface area contributed by atoms with Gasteiger partial charge in [0.2, 0.25) is 0 Å². The zero-order valence-corrected chi connectivity index (χ0v) is 10.4. The predicted octanol–water partition coefficient (Wildman–Crippen LogP) is 1.74. The lowest BCUT2D eigenvalue weighted by Gasteiger charge is -2.22. The van der Waals surface area contributed by atoms with Gasteiger partial charge in [-0.05, 0) is 24.6 Å². The zero-order chi connectivity index (χ0) is 14.2. The van der Waals surface area contributed by atoms with Crippen LogP contribution in [0.15, 0.2) is 18.2 Å². The highest BCUT2D eigenvalue weighted by atomic mass is 19.1. The Morgan fingerprint density at radius 2 is 1.95 bits per heavy atom. The first-order chi connectivity index (χ1) is 8.82. The summed E-state index contributed by atoms with van der Waals surface area (Å²) in [5.74, 6) is -2.30. The van der Waals surface area contributed by atoms with E-state index in [1.807, 2.05) is 0 Å². The van der Waals surface area contributed by atoms with Crippen molar-refractivity contribution in [2.45, 2.75) is 25.1 Å². The summed E-state index contributed by atoms with van der Waals surface area (Å²) in [6, 6.07) is 2.53. The lowest BCUT2D eigenvalue weighted by atomic mass is 9.95. The van der Waals surface area contributed by atoms with Crippen LogP contribution in [-0.2, 0) is 10.5 Å². The van der Waals surface area contributed by atoms with Crippen LogP contribution in [0.2, 0.25) is 0 Å². The molecule has 3 nitrogen and oxygen atoms in total. The summed E-state index contributed by atoms with van der Waals surface area (Å²) in [5, 5.41) is 9.18. The number of hydrogen-bond donors (Lipinski definition) is 1. The minimum atomic E-state index is -1.98. The standard InChI is InChI=1S/C13H14F3NO2/c1-8(18)12(19)17-3-2-13(16,7-17)9-4-10(14)6-11(15)5-9/h4-6,8,18H,2-3,7H2,1H3/t8-,13+/m1/s1. The highest BCUT2D eigenvalue weighted by Gasteiger charge is 2.42. The number of carbonyl (C=O) groups is 1. The van der Waals surface area contributed by atoms with E-state index in [0.29, 0.717) is 6.07 Å². The van der Waals surface area contributed by atoms with Gasteiger partial charge in [0, 0.05) is 19.0 Å². The number of hydrogen-bond acceptors (Lipinski definition) is 2.